The summed E-state index contributed by atoms with van der Waals surface area (Å²) in [6.07, 6.45) is 8.82. The van der Waals surface area contributed by atoms with Crippen LogP contribution in [0.1, 0.15) is 64.4 Å². The third-order valence-electron chi connectivity index (χ3n) is 8.02. The Morgan fingerprint density at radius 2 is 1.58 bits per heavy atom. The van der Waals surface area contributed by atoms with Crippen molar-refractivity contribution in [2.45, 2.75) is 64.2 Å². The number of nitrogens with zero attached hydrogens (tertiary/aromatic N) is 1. The first-order valence-electron chi connectivity index (χ1n) is 13.1. The third-order valence-corrected chi connectivity index (χ3v) is 8.33. The van der Waals surface area contributed by atoms with Crippen LogP contribution < -0.4 is 10.6 Å². The summed E-state index contributed by atoms with van der Waals surface area (Å²) >= 11 is 6.79. The average molecular weight is 512 g/mol. The van der Waals surface area contributed by atoms with Crippen LogP contribution in [0.15, 0.2) is 42.5 Å². The number of hydrogen-bond donors (Lipinski definition) is 3. The molecule has 5 rings (SSSR count). The molecule has 36 heavy (non-hydrogen) atoms. The second-order valence-electron chi connectivity index (χ2n) is 11.1. The topological polar surface area (TPSA) is 81.7 Å². The first kappa shape index (κ1) is 26.3. The van der Waals surface area contributed by atoms with Crippen molar-refractivity contribution in [1.29, 1.82) is 0 Å². The van der Waals surface area contributed by atoms with Crippen LogP contribution in [0.25, 0.3) is 0 Å². The van der Waals surface area contributed by atoms with Gasteiger partial charge in [0.15, 0.2) is 0 Å². The van der Waals surface area contributed by atoms with Gasteiger partial charge in [0.25, 0.3) is 6.47 Å². The number of fused-ring (bicyclic) bond motifs is 2. The van der Waals surface area contributed by atoms with Crippen LogP contribution in [-0.4, -0.2) is 35.6 Å². The fraction of sp³-hybridized carbons (Fsp3) is 0.517. The van der Waals surface area contributed by atoms with Crippen LogP contribution in [0, 0.1) is 17.8 Å². The van der Waals surface area contributed by atoms with E-state index in [0.717, 1.165) is 65.8 Å². The summed E-state index contributed by atoms with van der Waals surface area (Å²) in [5.74, 6) is 2.44. The fourth-order valence-corrected chi connectivity index (χ4v) is 7.15. The lowest BCUT2D eigenvalue weighted by atomic mass is 9.54. The van der Waals surface area contributed by atoms with Crippen LogP contribution in [-0.2, 0) is 10.2 Å². The molecule has 2 amide bonds. The quantitative estimate of drug-likeness (QED) is 0.371. The van der Waals surface area contributed by atoms with Gasteiger partial charge in [0.05, 0.1) is 10.7 Å². The Hall–Kier alpha value is -2.73. The lowest BCUT2D eigenvalue weighted by Crippen LogP contribution is -2.42. The van der Waals surface area contributed by atoms with E-state index >= 15 is 0 Å². The number of hydrogen-bond acceptors (Lipinski definition) is 3. The lowest BCUT2D eigenvalue weighted by Gasteiger charge is -2.50. The number of halogens is 1. The maximum absolute atomic E-state index is 12.3. The molecule has 2 aromatic carbocycles. The van der Waals surface area contributed by atoms with E-state index < -0.39 is 0 Å². The molecule has 2 aliphatic carbocycles. The Kier molecular flexibility index (Phi) is 8.45. The van der Waals surface area contributed by atoms with Crippen molar-refractivity contribution in [3.8, 4) is 0 Å². The van der Waals surface area contributed by atoms with Crippen LogP contribution >= 0.6 is 11.6 Å². The second kappa shape index (κ2) is 11.5. The molecular weight excluding hydrogens is 474 g/mol. The number of amides is 2. The van der Waals surface area contributed by atoms with Gasteiger partial charge in [-0.2, -0.15) is 0 Å². The first-order chi connectivity index (χ1) is 17.3. The van der Waals surface area contributed by atoms with E-state index in [4.69, 9.17) is 21.5 Å². The summed E-state index contributed by atoms with van der Waals surface area (Å²) in [5.41, 5.74) is 4.40. The minimum atomic E-state index is -0.250. The minimum Gasteiger partial charge on any atom is -0.483 e. The molecule has 3 fully saturated rings. The van der Waals surface area contributed by atoms with Crippen molar-refractivity contribution in [2.24, 2.45) is 17.8 Å². The molecule has 0 aromatic heterocycles. The molecule has 6 nitrogen and oxygen atoms in total. The van der Waals surface area contributed by atoms with Crippen molar-refractivity contribution in [1.82, 2.24) is 4.90 Å². The number of carbonyl (C=O) groups is 2. The molecule has 2 atom stereocenters. The molecule has 2 aromatic rings. The van der Waals surface area contributed by atoms with Gasteiger partial charge in [0.1, 0.15) is 0 Å². The molecule has 3 N–H and O–H groups in total. The van der Waals surface area contributed by atoms with E-state index in [0.29, 0.717) is 0 Å². The van der Waals surface area contributed by atoms with Gasteiger partial charge in [-0.25, -0.2) is 4.79 Å². The molecule has 2 bridgehead atoms. The summed E-state index contributed by atoms with van der Waals surface area (Å²) in [7, 11) is 0. The zero-order chi connectivity index (χ0) is 25.7. The molecule has 7 heteroatoms. The summed E-state index contributed by atoms with van der Waals surface area (Å²) < 4.78 is 0. The highest BCUT2D eigenvalue weighted by Gasteiger charge is 2.45. The molecule has 2 saturated carbocycles. The van der Waals surface area contributed by atoms with Gasteiger partial charge in [-0.3, -0.25) is 4.79 Å². The summed E-state index contributed by atoms with van der Waals surface area (Å²) in [4.78, 5) is 22.5. The van der Waals surface area contributed by atoms with E-state index in [2.05, 4.69) is 42.7 Å². The van der Waals surface area contributed by atoms with Crippen molar-refractivity contribution >= 4 is 41.2 Å². The third kappa shape index (κ3) is 6.15. The van der Waals surface area contributed by atoms with E-state index in [1.54, 1.807) is 0 Å². The summed E-state index contributed by atoms with van der Waals surface area (Å²) in [6.45, 7) is 6.29. The largest absolute Gasteiger partial charge is 0.483 e. The maximum Gasteiger partial charge on any atom is 0.321 e. The van der Waals surface area contributed by atoms with Crippen molar-refractivity contribution in [2.75, 3.05) is 23.7 Å². The molecule has 3 aliphatic rings. The normalized spacial score (nSPS) is 27.0. The molecule has 0 radical (unpaired) electrons. The highest BCUT2D eigenvalue weighted by molar-refractivity contribution is 6.33. The van der Waals surface area contributed by atoms with E-state index in [1.807, 2.05) is 29.2 Å². The molecule has 2 unspecified atom stereocenters. The lowest BCUT2D eigenvalue weighted by molar-refractivity contribution is -0.122. The van der Waals surface area contributed by atoms with Crippen molar-refractivity contribution in [3.63, 3.8) is 0 Å². The smallest absolute Gasteiger partial charge is 0.321 e. The van der Waals surface area contributed by atoms with Gasteiger partial charge < -0.3 is 20.6 Å². The van der Waals surface area contributed by atoms with Crippen molar-refractivity contribution in [3.05, 3.63) is 53.1 Å². The monoisotopic (exact) mass is 511 g/mol. The van der Waals surface area contributed by atoms with Crippen LogP contribution in [0.5, 0.6) is 0 Å². The zero-order valence-corrected chi connectivity index (χ0v) is 22.1. The Labute approximate surface area is 219 Å². The molecule has 0 spiro atoms. The number of nitrogens with one attached hydrogen (secondary N) is 2. The Morgan fingerprint density at radius 1 is 1.00 bits per heavy atom. The Morgan fingerprint density at radius 3 is 2.17 bits per heavy atom. The van der Waals surface area contributed by atoms with Gasteiger partial charge in [0.2, 0.25) is 0 Å². The number of likely N-dealkylation sites (tertiary alicyclic amines) is 1. The molecule has 1 saturated heterocycles. The second-order valence-corrected chi connectivity index (χ2v) is 11.5. The summed E-state index contributed by atoms with van der Waals surface area (Å²) in [6, 6.07) is 14.5. The predicted octanol–water partition coefficient (Wildman–Crippen LogP) is 7.52. The standard InChI is InChI=1S/C28H36ClN3O.CH2O2/c1-19-13-21-14-20(2)17-28(16-19,18-21)22-5-10-26(25(29)15-22)30-23-6-8-24(9-7-23)31-27(33)32-11-3-4-12-32;2-1-3/h5-10,15,19-21,30H,3-4,11-14,16-18H2,1-2H3,(H,31,33);1H,(H,2,3). The Bertz CT molecular complexity index is 1030. The van der Waals surface area contributed by atoms with Gasteiger partial charge in [-0.05, 0) is 110 Å². The van der Waals surface area contributed by atoms with Gasteiger partial charge in [-0.15, -0.1) is 0 Å². The molecule has 1 aliphatic heterocycles. The fourth-order valence-electron chi connectivity index (χ4n) is 6.92. The van der Waals surface area contributed by atoms with Crippen LogP contribution in [0.2, 0.25) is 5.02 Å². The van der Waals surface area contributed by atoms with Crippen molar-refractivity contribution < 1.29 is 14.7 Å². The van der Waals surface area contributed by atoms with E-state index in [-0.39, 0.29) is 17.9 Å². The van der Waals surface area contributed by atoms with E-state index in [1.165, 1.54) is 37.7 Å². The zero-order valence-electron chi connectivity index (χ0n) is 21.3. The maximum atomic E-state index is 12.3. The minimum absolute atomic E-state index is 0.0116. The number of carboxylic acid groups (broad SMARTS) is 1. The number of rotatable bonds is 4. The first-order valence-corrected chi connectivity index (χ1v) is 13.5. The Balaban J connectivity index is 0.000000967. The van der Waals surface area contributed by atoms with Crippen LogP contribution in [0.3, 0.4) is 0 Å². The summed E-state index contributed by atoms with van der Waals surface area (Å²) in [5, 5.41) is 14.1. The number of anilines is 3. The highest BCUT2D eigenvalue weighted by atomic mass is 35.5. The molecule has 1 heterocycles. The highest BCUT2D eigenvalue weighted by Crippen LogP contribution is 2.54. The average Bonchev–Trinajstić information content (AvgIpc) is 3.36. The molecule has 194 valence electrons. The number of carbonyl (C=O) groups excluding carboxylic acids is 1. The number of urea groups is 1. The predicted molar refractivity (Wildman–Crippen MR) is 146 cm³/mol. The molecular formula is C29H38ClN3O3. The van der Waals surface area contributed by atoms with Crippen LogP contribution in [0.4, 0.5) is 21.9 Å². The number of benzene rings is 2. The van der Waals surface area contributed by atoms with Gasteiger partial charge in [-0.1, -0.05) is 31.5 Å². The SMILES string of the molecule is CC1CC2CC(C)CC(c3ccc(Nc4ccc(NC(=O)N5CCCC5)cc4)c(Cl)c3)(C1)C2.O=CO. The van der Waals surface area contributed by atoms with Gasteiger partial charge in [0, 0.05) is 24.5 Å². The van der Waals surface area contributed by atoms with E-state index in [9.17, 15) is 4.79 Å². The van der Waals surface area contributed by atoms with Gasteiger partial charge >= 0.3 is 6.03 Å².